The predicted molar refractivity (Wildman–Crippen MR) is 139 cm³/mol. The van der Waals surface area contributed by atoms with Crippen LogP contribution in [0, 0.1) is 11.6 Å². The summed E-state index contributed by atoms with van der Waals surface area (Å²) in [5.41, 5.74) is 0.569. The maximum Gasteiger partial charge on any atom is 0.256 e. The number of carbonyl (C=O) groups excluding carboxylic acids is 1. The van der Waals surface area contributed by atoms with E-state index in [0.717, 1.165) is 18.2 Å². The molecule has 0 amide bonds. The first-order valence-corrected chi connectivity index (χ1v) is 12.3. The molecular formula is C26H20F2N6O2S. The van der Waals surface area contributed by atoms with Crippen molar-refractivity contribution in [1.29, 1.82) is 0 Å². The van der Waals surface area contributed by atoms with Gasteiger partial charge in [0.05, 0.1) is 29.3 Å². The van der Waals surface area contributed by atoms with E-state index >= 15 is 4.39 Å². The smallest absolute Gasteiger partial charge is 0.256 e. The molecule has 2 N–H and O–H groups in total. The third kappa shape index (κ3) is 4.73. The molecule has 8 nitrogen and oxygen atoms in total. The number of rotatable bonds is 8. The number of hydrogen-bond donors (Lipinski definition) is 2. The largest absolute Gasteiger partial charge is 0.345 e. The number of aromatic nitrogens is 5. The Kier molecular flexibility index (Phi) is 6.78. The van der Waals surface area contributed by atoms with E-state index in [0.29, 0.717) is 28.1 Å². The number of ketones is 1. The first-order chi connectivity index (χ1) is 18.0. The molecule has 0 fully saturated rings. The van der Waals surface area contributed by atoms with Crippen molar-refractivity contribution in [2.45, 2.75) is 13.3 Å². The topological polar surface area (TPSA) is 106 Å². The summed E-state index contributed by atoms with van der Waals surface area (Å²) in [4.78, 5) is 41.2. The fourth-order valence-electron chi connectivity index (χ4n) is 3.75. The summed E-state index contributed by atoms with van der Waals surface area (Å²) in [5.74, 6) is -1.65. The maximum absolute atomic E-state index is 15.1. The molecule has 5 rings (SSSR count). The van der Waals surface area contributed by atoms with Crippen LogP contribution in [0.25, 0.3) is 28.1 Å². The zero-order valence-electron chi connectivity index (χ0n) is 19.5. The van der Waals surface area contributed by atoms with Crippen LogP contribution >= 0.6 is 11.9 Å². The van der Waals surface area contributed by atoms with Gasteiger partial charge in [-0.05, 0) is 30.7 Å². The summed E-state index contributed by atoms with van der Waals surface area (Å²) in [6, 6.07) is 8.75. The van der Waals surface area contributed by atoms with Gasteiger partial charge in [0.15, 0.2) is 11.6 Å². The molecule has 0 radical (unpaired) electrons. The second kappa shape index (κ2) is 10.3. The van der Waals surface area contributed by atoms with Gasteiger partial charge in [-0.1, -0.05) is 24.9 Å². The molecule has 186 valence electrons. The first kappa shape index (κ1) is 24.3. The van der Waals surface area contributed by atoms with Crippen molar-refractivity contribution in [1.82, 2.24) is 24.5 Å². The van der Waals surface area contributed by atoms with Gasteiger partial charge in [0, 0.05) is 46.9 Å². The number of aromatic amines is 1. The molecule has 0 aliphatic carbocycles. The van der Waals surface area contributed by atoms with E-state index in [1.165, 1.54) is 47.2 Å². The quantitative estimate of drug-likeness (QED) is 0.166. The number of benzene rings is 1. The average molecular weight is 519 g/mol. The minimum Gasteiger partial charge on any atom is -0.345 e. The van der Waals surface area contributed by atoms with Gasteiger partial charge in [-0.2, -0.15) is 0 Å². The van der Waals surface area contributed by atoms with E-state index < -0.39 is 23.0 Å². The summed E-state index contributed by atoms with van der Waals surface area (Å²) in [5, 5.41) is 0.380. The van der Waals surface area contributed by atoms with Crippen LogP contribution in [0.5, 0.6) is 0 Å². The van der Waals surface area contributed by atoms with Crippen molar-refractivity contribution < 1.29 is 13.6 Å². The third-order valence-corrected chi connectivity index (χ3v) is 6.56. The van der Waals surface area contributed by atoms with Crippen molar-refractivity contribution in [2.24, 2.45) is 0 Å². The molecule has 4 heterocycles. The van der Waals surface area contributed by atoms with Crippen molar-refractivity contribution in [3.05, 3.63) is 100 Å². The van der Waals surface area contributed by atoms with Crippen LogP contribution in [0.4, 0.5) is 14.5 Å². The minimum atomic E-state index is -0.954. The number of H-pyrrole nitrogens is 1. The van der Waals surface area contributed by atoms with E-state index in [-0.39, 0.29) is 16.8 Å². The molecule has 0 saturated carbocycles. The van der Waals surface area contributed by atoms with E-state index in [1.54, 1.807) is 30.6 Å². The highest BCUT2D eigenvalue weighted by Crippen LogP contribution is 2.29. The number of nitrogens with zero attached hydrogens (tertiary/aromatic N) is 4. The zero-order valence-corrected chi connectivity index (χ0v) is 20.4. The molecule has 0 bridgehead atoms. The fraction of sp³-hybridized carbons (Fsp3) is 0.115. The van der Waals surface area contributed by atoms with Crippen LogP contribution in [0.15, 0.2) is 72.2 Å². The summed E-state index contributed by atoms with van der Waals surface area (Å²) in [6.45, 7) is 1.98. The van der Waals surface area contributed by atoms with Crippen LogP contribution in [0.2, 0.25) is 0 Å². The lowest BCUT2D eigenvalue weighted by atomic mass is 10.0. The Hall–Kier alpha value is -4.38. The zero-order chi connectivity index (χ0) is 25.9. The Bertz CT molecular complexity index is 1670. The predicted octanol–water partition coefficient (Wildman–Crippen LogP) is 5.15. The molecular weight excluding hydrogens is 498 g/mol. The molecule has 0 aliphatic rings. The molecule has 37 heavy (non-hydrogen) atoms. The highest BCUT2D eigenvalue weighted by Gasteiger charge is 2.24. The maximum atomic E-state index is 15.1. The molecule has 5 aromatic rings. The van der Waals surface area contributed by atoms with Gasteiger partial charge in [0.1, 0.15) is 11.5 Å². The summed E-state index contributed by atoms with van der Waals surface area (Å²) >= 11 is 1.28. The number of fused-ring (bicyclic) bond motifs is 1. The Morgan fingerprint density at radius 3 is 2.73 bits per heavy atom. The molecule has 0 unspecified atom stereocenters. The Morgan fingerprint density at radius 1 is 1.11 bits per heavy atom. The molecule has 0 spiro atoms. The van der Waals surface area contributed by atoms with Gasteiger partial charge >= 0.3 is 0 Å². The number of carbonyl (C=O) groups is 1. The average Bonchev–Trinajstić information content (AvgIpc) is 3.34. The number of hydrogen-bond acceptors (Lipinski definition) is 7. The Balaban J connectivity index is 1.50. The fourth-order valence-corrected chi connectivity index (χ4v) is 4.37. The minimum absolute atomic E-state index is 0.0368. The summed E-state index contributed by atoms with van der Waals surface area (Å²) < 4.78 is 34.0. The number of nitrogens with one attached hydrogen (secondary N) is 2. The second-order valence-electron chi connectivity index (χ2n) is 8.05. The lowest BCUT2D eigenvalue weighted by Crippen LogP contribution is -2.16. The van der Waals surface area contributed by atoms with Crippen LogP contribution in [-0.4, -0.2) is 36.0 Å². The monoisotopic (exact) mass is 518 g/mol. The molecule has 0 atom stereocenters. The van der Waals surface area contributed by atoms with Crippen LogP contribution in [-0.2, 0) is 0 Å². The van der Waals surface area contributed by atoms with Gasteiger partial charge in [0.2, 0.25) is 5.78 Å². The van der Waals surface area contributed by atoms with E-state index in [9.17, 15) is 14.0 Å². The van der Waals surface area contributed by atoms with Crippen molar-refractivity contribution >= 4 is 34.5 Å². The first-order valence-electron chi connectivity index (χ1n) is 11.4. The molecule has 0 aliphatic heterocycles. The lowest BCUT2D eigenvalue weighted by Gasteiger charge is -2.10. The highest BCUT2D eigenvalue weighted by atomic mass is 32.2. The molecule has 1 aromatic carbocycles. The van der Waals surface area contributed by atoms with E-state index in [4.69, 9.17) is 0 Å². The Labute approximate surface area is 214 Å². The van der Waals surface area contributed by atoms with Gasteiger partial charge in [-0.25, -0.2) is 18.7 Å². The van der Waals surface area contributed by atoms with Gasteiger partial charge in [0.25, 0.3) is 5.56 Å². The van der Waals surface area contributed by atoms with Crippen LogP contribution in [0.3, 0.4) is 0 Å². The third-order valence-electron chi connectivity index (χ3n) is 5.59. The number of halogens is 2. The molecule has 4 aromatic heterocycles. The van der Waals surface area contributed by atoms with Gasteiger partial charge in [-0.15, -0.1) is 0 Å². The van der Waals surface area contributed by atoms with Gasteiger partial charge in [-0.3, -0.25) is 19.1 Å². The van der Waals surface area contributed by atoms with Crippen LogP contribution in [0.1, 0.15) is 29.3 Å². The summed E-state index contributed by atoms with van der Waals surface area (Å²) in [6.07, 6.45) is 8.31. The van der Waals surface area contributed by atoms with Crippen molar-refractivity contribution in [3.8, 4) is 17.1 Å². The normalized spacial score (nSPS) is 11.1. The van der Waals surface area contributed by atoms with E-state index in [2.05, 4.69) is 24.7 Å². The van der Waals surface area contributed by atoms with Crippen molar-refractivity contribution in [2.75, 3.05) is 10.5 Å². The van der Waals surface area contributed by atoms with Crippen LogP contribution < -0.4 is 10.3 Å². The number of anilines is 1. The lowest BCUT2D eigenvalue weighted by molar-refractivity contribution is 0.103. The molecule has 0 saturated heterocycles. The second-order valence-corrected chi connectivity index (χ2v) is 8.96. The van der Waals surface area contributed by atoms with Gasteiger partial charge < -0.3 is 9.71 Å². The molecule has 11 heteroatoms. The standard InChI is InChI=1S/C26H20F2N6O2S/c1-2-9-37-33-19-7-6-18(27)23(24(19)28)25(36)17-12-32-26-16(17)10-15(11-31-26)20-13-30-21(14-29-20)34-8-4-3-5-22(34)35/h3-8,10-14,33H,2,9H2,1H3,(H,31,32). The highest BCUT2D eigenvalue weighted by molar-refractivity contribution is 8.00. The van der Waals surface area contributed by atoms with Crippen molar-refractivity contribution in [3.63, 3.8) is 0 Å². The van der Waals surface area contributed by atoms with E-state index in [1.807, 2.05) is 6.92 Å². The summed E-state index contributed by atoms with van der Waals surface area (Å²) in [7, 11) is 0. The number of pyridine rings is 2. The Morgan fingerprint density at radius 2 is 1.97 bits per heavy atom. The SMILES string of the molecule is CCCSNc1ccc(F)c(C(=O)c2c[nH]c3ncc(-c4cnc(-n5ccccc5=O)cn4)cc23)c1F.